The van der Waals surface area contributed by atoms with Crippen LogP contribution in [0.3, 0.4) is 0 Å². The minimum absolute atomic E-state index is 0.0915. The number of nitro benzene ring substituents is 1. The number of non-ortho nitro benzene ring substituents is 1. The number of anilines is 1. The molecule has 1 unspecified atom stereocenters. The Labute approximate surface area is 122 Å². The standard InChI is InChI=1S/C12H17N3O5S/c1-20-8-9-4-5-14(7-9)21(18,19)12-3-2-10(15(16)17)6-11(12)13/h2-3,6,9H,4-5,7-8,13H2,1H3. The largest absolute Gasteiger partial charge is 0.397 e. The van der Waals surface area contributed by atoms with Gasteiger partial charge >= 0.3 is 0 Å². The molecule has 0 saturated carbocycles. The molecule has 1 fully saturated rings. The first-order valence-corrected chi connectivity index (χ1v) is 7.83. The van der Waals surface area contributed by atoms with Crippen LogP contribution >= 0.6 is 0 Å². The Morgan fingerprint density at radius 3 is 2.81 bits per heavy atom. The molecule has 0 bridgehead atoms. The fraction of sp³-hybridized carbons (Fsp3) is 0.500. The zero-order chi connectivity index (χ0) is 15.6. The topological polar surface area (TPSA) is 116 Å². The van der Waals surface area contributed by atoms with Crippen molar-refractivity contribution >= 4 is 21.4 Å². The van der Waals surface area contributed by atoms with Gasteiger partial charge in [0.1, 0.15) is 4.90 Å². The smallest absolute Gasteiger partial charge is 0.271 e. The van der Waals surface area contributed by atoms with E-state index in [0.717, 1.165) is 18.6 Å². The van der Waals surface area contributed by atoms with Crippen molar-refractivity contribution in [3.05, 3.63) is 28.3 Å². The Morgan fingerprint density at radius 1 is 1.52 bits per heavy atom. The molecule has 1 aromatic rings. The molecule has 0 aromatic heterocycles. The number of nitro groups is 1. The second-order valence-corrected chi connectivity index (χ2v) is 6.86. The summed E-state index contributed by atoms with van der Waals surface area (Å²) in [6.45, 7) is 1.27. The van der Waals surface area contributed by atoms with Crippen molar-refractivity contribution < 1.29 is 18.1 Å². The van der Waals surface area contributed by atoms with E-state index in [-0.39, 0.29) is 22.2 Å². The molecule has 1 aromatic carbocycles. The molecular formula is C12H17N3O5S. The van der Waals surface area contributed by atoms with Gasteiger partial charge in [-0.2, -0.15) is 4.31 Å². The number of hydrogen-bond acceptors (Lipinski definition) is 6. The number of nitrogen functional groups attached to an aromatic ring is 1. The lowest BCUT2D eigenvalue weighted by Crippen LogP contribution is -2.30. The lowest BCUT2D eigenvalue weighted by atomic mass is 10.1. The van der Waals surface area contributed by atoms with Crippen LogP contribution in [0.15, 0.2) is 23.1 Å². The molecule has 1 saturated heterocycles. The SMILES string of the molecule is COCC1CCN(S(=O)(=O)c2ccc([N+](=O)[O-])cc2N)C1. The number of hydrogen-bond donors (Lipinski definition) is 1. The number of ether oxygens (including phenoxy) is 1. The Balaban J connectivity index is 2.26. The van der Waals surface area contributed by atoms with E-state index in [1.807, 2.05) is 0 Å². The van der Waals surface area contributed by atoms with Crippen LogP contribution in [0.25, 0.3) is 0 Å². The quantitative estimate of drug-likeness (QED) is 0.489. The monoisotopic (exact) mass is 315 g/mol. The molecule has 2 rings (SSSR count). The predicted molar refractivity (Wildman–Crippen MR) is 76.3 cm³/mol. The van der Waals surface area contributed by atoms with Gasteiger partial charge in [-0.1, -0.05) is 0 Å². The number of nitrogens with two attached hydrogens (primary N) is 1. The zero-order valence-electron chi connectivity index (χ0n) is 11.6. The van der Waals surface area contributed by atoms with Gasteiger partial charge in [-0.25, -0.2) is 8.42 Å². The van der Waals surface area contributed by atoms with Crippen LogP contribution in [0.1, 0.15) is 6.42 Å². The molecule has 1 aliphatic rings. The van der Waals surface area contributed by atoms with Crippen molar-refractivity contribution in [2.75, 3.05) is 32.5 Å². The molecule has 1 aliphatic heterocycles. The van der Waals surface area contributed by atoms with E-state index in [1.54, 1.807) is 7.11 Å². The van der Waals surface area contributed by atoms with E-state index < -0.39 is 14.9 Å². The maximum Gasteiger partial charge on any atom is 0.271 e. The second kappa shape index (κ2) is 5.96. The molecular weight excluding hydrogens is 298 g/mol. The van der Waals surface area contributed by atoms with Gasteiger partial charge in [0, 0.05) is 32.3 Å². The summed E-state index contributed by atoms with van der Waals surface area (Å²) in [5, 5.41) is 10.7. The molecule has 21 heavy (non-hydrogen) atoms. The van der Waals surface area contributed by atoms with E-state index in [1.165, 1.54) is 10.4 Å². The van der Waals surface area contributed by atoms with Crippen LogP contribution in [0.2, 0.25) is 0 Å². The molecule has 8 nitrogen and oxygen atoms in total. The van der Waals surface area contributed by atoms with Gasteiger partial charge < -0.3 is 10.5 Å². The lowest BCUT2D eigenvalue weighted by molar-refractivity contribution is -0.384. The van der Waals surface area contributed by atoms with Crippen LogP contribution in [0.4, 0.5) is 11.4 Å². The molecule has 0 radical (unpaired) electrons. The lowest BCUT2D eigenvalue weighted by Gasteiger charge is -2.17. The third-order valence-corrected chi connectivity index (χ3v) is 5.41. The van der Waals surface area contributed by atoms with Crippen LogP contribution in [0, 0.1) is 16.0 Å². The van der Waals surface area contributed by atoms with Gasteiger partial charge in [0.05, 0.1) is 17.2 Å². The fourth-order valence-electron chi connectivity index (χ4n) is 2.41. The molecule has 1 atom stereocenters. The van der Waals surface area contributed by atoms with Gasteiger partial charge in [-0.15, -0.1) is 0 Å². The summed E-state index contributed by atoms with van der Waals surface area (Å²) in [6, 6.07) is 3.40. The molecule has 9 heteroatoms. The summed E-state index contributed by atoms with van der Waals surface area (Å²) in [6.07, 6.45) is 0.722. The Morgan fingerprint density at radius 2 is 2.24 bits per heavy atom. The molecule has 0 spiro atoms. The first kappa shape index (κ1) is 15.7. The first-order valence-electron chi connectivity index (χ1n) is 6.39. The number of methoxy groups -OCH3 is 1. The van der Waals surface area contributed by atoms with Crippen LogP contribution in [0.5, 0.6) is 0 Å². The summed E-state index contributed by atoms with van der Waals surface area (Å²) < 4.78 is 31.4. The average Bonchev–Trinajstić information content (AvgIpc) is 2.88. The summed E-state index contributed by atoms with van der Waals surface area (Å²) >= 11 is 0. The maximum atomic E-state index is 12.5. The van der Waals surface area contributed by atoms with E-state index in [0.29, 0.717) is 19.7 Å². The van der Waals surface area contributed by atoms with E-state index >= 15 is 0 Å². The number of rotatable bonds is 5. The van der Waals surface area contributed by atoms with Crippen molar-refractivity contribution in [3.8, 4) is 0 Å². The number of sulfonamides is 1. The van der Waals surface area contributed by atoms with Crippen molar-refractivity contribution in [3.63, 3.8) is 0 Å². The van der Waals surface area contributed by atoms with Crippen molar-refractivity contribution in [1.29, 1.82) is 0 Å². The maximum absolute atomic E-state index is 12.5. The highest BCUT2D eigenvalue weighted by Gasteiger charge is 2.33. The third kappa shape index (κ3) is 3.14. The van der Waals surface area contributed by atoms with Crippen LogP contribution < -0.4 is 5.73 Å². The second-order valence-electron chi connectivity index (χ2n) is 4.95. The van der Waals surface area contributed by atoms with Crippen molar-refractivity contribution in [1.82, 2.24) is 4.31 Å². The van der Waals surface area contributed by atoms with E-state index in [2.05, 4.69) is 0 Å². The summed E-state index contributed by atoms with van der Waals surface area (Å²) in [5.41, 5.74) is 5.33. The van der Waals surface area contributed by atoms with Crippen LogP contribution in [-0.4, -0.2) is 44.5 Å². The predicted octanol–water partition coefficient (Wildman–Crippen LogP) is 0.834. The summed E-state index contributed by atoms with van der Waals surface area (Å²) in [4.78, 5) is 9.96. The van der Waals surface area contributed by atoms with Gasteiger partial charge in [0.2, 0.25) is 10.0 Å². The zero-order valence-corrected chi connectivity index (χ0v) is 12.4. The summed E-state index contributed by atoms with van der Waals surface area (Å²) in [7, 11) is -2.16. The third-order valence-electron chi connectivity index (χ3n) is 3.47. The Kier molecular flexibility index (Phi) is 4.45. The molecule has 116 valence electrons. The minimum Gasteiger partial charge on any atom is -0.397 e. The normalized spacial score (nSPS) is 19.8. The van der Waals surface area contributed by atoms with E-state index in [9.17, 15) is 18.5 Å². The minimum atomic E-state index is -3.73. The van der Waals surface area contributed by atoms with Gasteiger partial charge in [-0.05, 0) is 18.4 Å². The Hall–Kier alpha value is -1.71. The Bertz CT molecular complexity index is 646. The molecule has 0 amide bonds. The highest BCUT2D eigenvalue weighted by atomic mass is 32.2. The number of nitrogens with zero attached hydrogens (tertiary/aromatic N) is 2. The van der Waals surface area contributed by atoms with Crippen LogP contribution in [-0.2, 0) is 14.8 Å². The highest BCUT2D eigenvalue weighted by molar-refractivity contribution is 7.89. The average molecular weight is 315 g/mol. The fourth-order valence-corrected chi connectivity index (χ4v) is 4.04. The molecule has 1 heterocycles. The van der Waals surface area contributed by atoms with Crippen molar-refractivity contribution in [2.45, 2.75) is 11.3 Å². The molecule has 2 N–H and O–H groups in total. The summed E-state index contributed by atoms with van der Waals surface area (Å²) in [5.74, 6) is 0.157. The number of benzene rings is 1. The van der Waals surface area contributed by atoms with Crippen molar-refractivity contribution in [2.24, 2.45) is 5.92 Å². The van der Waals surface area contributed by atoms with Gasteiger partial charge in [0.25, 0.3) is 5.69 Å². The van der Waals surface area contributed by atoms with Gasteiger partial charge in [-0.3, -0.25) is 10.1 Å². The van der Waals surface area contributed by atoms with Gasteiger partial charge in [0.15, 0.2) is 0 Å². The van der Waals surface area contributed by atoms with E-state index in [4.69, 9.17) is 10.5 Å². The first-order chi connectivity index (χ1) is 9.86. The molecule has 0 aliphatic carbocycles. The highest BCUT2D eigenvalue weighted by Crippen LogP contribution is 2.29.